The van der Waals surface area contributed by atoms with Crippen molar-refractivity contribution in [2.24, 2.45) is 0 Å². The predicted molar refractivity (Wildman–Crippen MR) is 79.5 cm³/mol. The number of fused-ring (bicyclic) bond motifs is 1. The van der Waals surface area contributed by atoms with Crippen LogP contribution in [0.5, 0.6) is 17.2 Å². The molecular formula is C14H14F3N3O3S. The molecule has 1 aromatic carbocycles. The normalized spacial score (nSPS) is 13.3. The fourth-order valence-corrected chi connectivity index (χ4v) is 2.86. The number of alkyl halides is 3. The average molecular weight is 361 g/mol. The van der Waals surface area contributed by atoms with E-state index in [0.717, 1.165) is 10.9 Å². The standard InChI is InChI=1S/C14H14F3N3O3S/c15-14(16,17)7-20-8-18-19-13(20)24-5-1-4-21-10-2-3-11-12(6-10)23-9-22-11/h2-3,6,8H,1,4-5,7,9H2. The van der Waals surface area contributed by atoms with Gasteiger partial charge in [0.2, 0.25) is 6.79 Å². The van der Waals surface area contributed by atoms with Crippen LogP contribution in [0.25, 0.3) is 0 Å². The molecule has 0 radical (unpaired) electrons. The Morgan fingerprint density at radius 2 is 2.08 bits per heavy atom. The van der Waals surface area contributed by atoms with Crippen molar-refractivity contribution in [3.63, 3.8) is 0 Å². The summed E-state index contributed by atoms with van der Waals surface area (Å²) in [7, 11) is 0. The van der Waals surface area contributed by atoms with Gasteiger partial charge in [0.1, 0.15) is 18.6 Å². The molecule has 6 nitrogen and oxygen atoms in total. The first-order valence-electron chi connectivity index (χ1n) is 7.11. The molecular weight excluding hydrogens is 347 g/mol. The highest BCUT2D eigenvalue weighted by Gasteiger charge is 2.29. The maximum atomic E-state index is 12.4. The summed E-state index contributed by atoms with van der Waals surface area (Å²) in [6.07, 6.45) is -2.56. The van der Waals surface area contributed by atoms with Gasteiger partial charge in [0.05, 0.1) is 6.61 Å². The average Bonchev–Trinajstić information content (AvgIpc) is 3.14. The molecule has 0 unspecified atom stereocenters. The maximum absolute atomic E-state index is 12.4. The second kappa shape index (κ2) is 7.20. The monoisotopic (exact) mass is 361 g/mol. The smallest absolute Gasteiger partial charge is 0.406 e. The van der Waals surface area contributed by atoms with Gasteiger partial charge in [-0.25, -0.2) is 0 Å². The molecule has 2 heterocycles. The second-order valence-corrected chi connectivity index (χ2v) is 5.98. The van der Waals surface area contributed by atoms with Gasteiger partial charge in [-0.2, -0.15) is 13.2 Å². The highest BCUT2D eigenvalue weighted by Crippen LogP contribution is 2.35. The molecule has 24 heavy (non-hydrogen) atoms. The number of rotatable bonds is 7. The van der Waals surface area contributed by atoms with Crippen LogP contribution in [0.2, 0.25) is 0 Å². The summed E-state index contributed by atoms with van der Waals surface area (Å²) in [6.45, 7) is -0.454. The van der Waals surface area contributed by atoms with Crippen LogP contribution in [0.15, 0.2) is 29.7 Å². The molecule has 0 bridgehead atoms. The van der Waals surface area contributed by atoms with Crippen LogP contribution in [0.4, 0.5) is 13.2 Å². The fourth-order valence-electron chi connectivity index (χ4n) is 2.04. The third kappa shape index (κ3) is 4.47. The molecule has 1 aliphatic heterocycles. The van der Waals surface area contributed by atoms with Gasteiger partial charge in [-0.15, -0.1) is 10.2 Å². The first-order valence-corrected chi connectivity index (χ1v) is 8.10. The third-order valence-corrected chi connectivity index (χ3v) is 4.13. The van der Waals surface area contributed by atoms with Gasteiger partial charge < -0.3 is 14.2 Å². The topological polar surface area (TPSA) is 58.4 Å². The van der Waals surface area contributed by atoms with Crippen molar-refractivity contribution in [1.29, 1.82) is 0 Å². The van der Waals surface area contributed by atoms with Gasteiger partial charge in [0, 0.05) is 11.8 Å². The number of thioether (sulfide) groups is 1. The molecule has 0 saturated carbocycles. The Labute approximate surface area is 139 Å². The Hall–Kier alpha value is -2.10. The largest absolute Gasteiger partial charge is 0.493 e. The molecule has 0 atom stereocenters. The van der Waals surface area contributed by atoms with E-state index in [1.807, 2.05) is 0 Å². The Morgan fingerprint density at radius 3 is 2.92 bits per heavy atom. The van der Waals surface area contributed by atoms with Gasteiger partial charge in [-0.1, -0.05) is 11.8 Å². The Bertz CT molecular complexity index is 693. The summed E-state index contributed by atoms with van der Waals surface area (Å²) in [5.74, 6) is 2.55. The first kappa shape index (κ1) is 16.7. The van der Waals surface area contributed by atoms with Crippen LogP contribution < -0.4 is 14.2 Å². The number of hydrogen-bond donors (Lipinski definition) is 0. The van der Waals surface area contributed by atoms with Crippen molar-refractivity contribution in [3.8, 4) is 17.2 Å². The van der Waals surface area contributed by atoms with Crippen molar-refractivity contribution >= 4 is 11.8 Å². The van der Waals surface area contributed by atoms with Crippen LogP contribution in [-0.2, 0) is 6.54 Å². The first-order chi connectivity index (χ1) is 11.5. The Morgan fingerprint density at radius 1 is 1.25 bits per heavy atom. The van der Waals surface area contributed by atoms with E-state index >= 15 is 0 Å². The lowest BCUT2D eigenvalue weighted by atomic mass is 10.3. The summed E-state index contributed by atoms with van der Waals surface area (Å²) in [5, 5.41) is 7.47. The highest BCUT2D eigenvalue weighted by molar-refractivity contribution is 7.99. The summed E-state index contributed by atoms with van der Waals surface area (Å²) >= 11 is 1.21. The Kier molecular flexibility index (Phi) is 5.03. The third-order valence-electron chi connectivity index (χ3n) is 3.06. The quantitative estimate of drug-likeness (QED) is 0.558. The van der Waals surface area contributed by atoms with Crippen LogP contribution in [0, 0.1) is 0 Å². The zero-order valence-corrected chi connectivity index (χ0v) is 13.3. The van der Waals surface area contributed by atoms with Crippen LogP contribution in [0.3, 0.4) is 0 Å². The van der Waals surface area contributed by atoms with Gasteiger partial charge in [0.15, 0.2) is 16.7 Å². The molecule has 0 fully saturated rings. The second-order valence-electron chi connectivity index (χ2n) is 4.92. The molecule has 2 aromatic rings. The molecule has 0 amide bonds. The number of benzene rings is 1. The minimum Gasteiger partial charge on any atom is -0.493 e. The number of aromatic nitrogens is 3. The van der Waals surface area contributed by atoms with E-state index in [1.54, 1.807) is 18.2 Å². The predicted octanol–water partition coefficient (Wildman–Crippen LogP) is 3.13. The van der Waals surface area contributed by atoms with Crippen LogP contribution in [0.1, 0.15) is 6.42 Å². The summed E-state index contributed by atoms with van der Waals surface area (Å²) in [6, 6.07) is 5.29. The van der Waals surface area contributed by atoms with Crippen molar-refractivity contribution in [1.82, 2.24) is 14.8 Å². The van der Waals surface area contributed by atoms with Crippen molar-refractivity contribution in [2.75, 3.05) is 19.2 Å². The van der Waals surface area contributed by atoms with E-state index in [4.69, 9.17) is 14.2 Å². The maximum Gasteiger partial charge on any atom is 0.406 e. The zero-order chi connectivity index (χ0) is 17.0. The lowest BCUT2D eigenvalue weighted by Crippen LogP contribution is -2.17. The van der Waals surface area contributed by atoms with Crippen molar-refractivity contribution in [3.05, 3.63) is 24.5 Å². The minimum absolute atomic E-state index is 0.202. The molecule has 3 rings (SSSR count). The lowest BCUT2D eigenvalue weighted by molar-refractivity contribution is -0.142. The molecule has 130 valence electrons. The summed E-state index contributed by atoms with van der Waals surface area (Å²) in [5.41, 5.74) is 0. The van der Waals surface area contributed by atoms with E-state index in [-0.39, 0.29) is 11.9 Å². The SMILES string of the molecule is FC(F)(F)Cn1cnnc1SCCCOc1ccc2c(c1)OCO2. The van der Waals surface area contributed by atoms with Gasteiger partial charge in [-0.05, 0) is 18.6 Å². The Balaban J connectivity index is 1.41. The molecule has 10 heteroatoms. The van der Waals surface area contributed by atoms with E-state index in [0.29, 0.717) is 36.0 Å². The van der Waals surface area contributed by atoms with Crippen molar-refractivity contribution < 1.29 is 27.4 Å². The molecule has 0 aliphatic carbocycles. The van der Waals surface area contributed by atoms with Gasteiger partial charge in [0.25, 0.3) is 0 Å². The molecule has 1 aromatic heterocycles. The van der Waals surface area contributed by atoms with Gasteiger partial charge in [-0.3, -0.25) is 4.57 Å². The minimum atomic E-state index is -4.29. The summed E-state index contributed by atoms with van der Waals surface area (Å²) < 4.78 is 54.2. The van der Waals surface area contributed by atoms with E-state index in [1.165, 1.54) is 11.8 Å². The molecule has 0 N–H and O–H groups in total. The van der Waals surface area contributed by atoms with Crippen LogP contribution in [-0.4, -0.2) is 40.1 Å². The van der Waals surface area contributed by atoms with E-state index in [2.05, 4.69) is 10.2 Å². The fraction of sp³-hybridized carbons (Fsp3) is 0.429. The molecule has 1 aliphatic rings. The number of ether oxygens (including phenoxy) is 3. The molecule has 0 saturated heterocycles. The zero-order valence-electron chi connectivity index (χ0n) is 12.5. The van der Waals surface area contributed by atoms with Crippen molar-refractivity contribution in [2.45, 2.75) is 24.3 Å². The lowest BCUT2D eigenvalue weighted by Gasteiger charge is -2.09. The highest BCUT2D eigenvalue weighted by atomic mass is 32.2. The van der Waals surface area contributed by atoms with Gasteiger partial charge >= 0.3 is 6.18 Å². The number of halogens is 3. The molecule has 0 spiro atoms. The van der Waals surface area contributed by atoms with Crippen LogP contribution >= 0.6 is 11.8 Å². The summed E-state index contributed by atoms with van der Waals surface area (Å²) in [4.78, 5) is 0. The number of nitrogens with zero attached hydrogens (tertiary/aromatic N) is 3. The van der Waals surface area contributed by atoms with E-state index in [9.17, 15) is 13.2 Å². The van der Waals surface area contributed by atoms with E-state index < -0.39 is 12.7 Å². The number of hydrogen-bond acceptors (Lipinski definition) is 6.